The van der Waals surface area contributed by atoms with Crippen molar-refractivity contribution in [1.29, 1.82) is 0 Å². The Morgan fingerprint density at radius 3 is 2.47 bits per heavy atom. The van der Waals surface area contributed by atoms with Crippen molar-refractivity contribution in [3.63, 3.8) is 0 Å². The molecule has 2 spiro atoms. The predicted octanol–water partition coefficient (Wildman–Crippen LogP) is 6.60. The van der Waals surface area contributed by atoms with Crippen LogP contribution < -0.4 is 0 Å². The number of benzene rings is 1. The lowest BCUT2D eigenvalue weighted by Crippen LogP contribution is -2.54. The lowest BCUT2D eigenvalue weighted by molar-refractivity contribution is -0.140. The first-order chi connectivity index (χ1) is 18.1. The van der Waals surface area contributed by atoms with Gasteiger partial charge in [0.15, 0.2) is 0 Å². The van der Waals surface area contributed by atoms with Gasteiger partial charge in [-0.15, -0.1) is 0 Å². The number of aliphatic hydroxyl groups is 1. The van der Waals surface area contributed by atoms with Crippen molar-refractivity contribution in [2.24, 2.45) is 45.3 Å². The van der Waals surface area contributed by atoms with Crippen LogP contribution in [-0.2, 0) is 16.1 Å². The molecular weight excluding hydrogens is 470 g/mol. The third-order valence-electron chi connectivity index (χ3n) is 13.7. The van der Waals surface area contributed by atoms with E-state index in [0.717, 1.165) is 24.7 Å². The maximum Gasteiger partial charge on any atom is 0.219 e. The molecule has 8 unspecified atom stereocenters. The zero-order chi connectivity index (χ0) is 26.5. The smallest absolute Gasteiger partial charge is 0.219 e. The van der Waals surface area contributed by atoms with Crippen LogP contribution in [0, 0.1) is 45.3 Å². The molecule has 0 bridgehead atoms. The van der Waals surface area contributed by atoms with E-state index in [0.29, 0.717) is 47.3 Å². The summed E-state index contributed by atoms with van der Waals surface area (Å²) in [6.45, 7) is 10.4. The normalized spacial score (nSPS) is 48.1. The quantitative estimate of drug-likeness (QED) is 0.487. The molecule has 1 saturated heterocycles. The summed E-state index contributed by atoms with van der Waals surface area (Å²) in [5.74, 6) is 3.16. The van der Waals surface area contributed by atoms with Gasteiger partial charge in [-0.2, -0.15) is 0 Å². The Morgan fingerprint density at radius 1 is 0.947 bits per heavy atom. The molecule has 4 heteroatoms. The fraction of sp³-hybridized carbons (Fsp3) is 0.794. The number of ether oxygens (including phenoxy) is 1. The first-order valence-corrected chi connectivity index (χ1v) is 15.7. The largest absolute Gasteiger partial charge is 0.393 e. The van der Waals surface area contributed by atoms with Gasteiger partial charge in [-0.25, -0.2) is 0 Å². The molecule has 5 saturated carbocycles. The van der Waals surface area contributed by atoms with Crippen LogP contribution in [0.5, 0.6) is 0 Å². The summed E-state index contributed by atoms with van der Waals surface area (Å²) in [6.07, 6.45) is 13.1. The van der Waals surface area contributed by atoms with Gasteiger partial charge >= 0.3 is 0 Å². The highest BCUT2D eigenvalue weighted by Crippen LogP contribution is 2.87. The molecule has 5 aliphatic carbocycles. The van der Waals surface area contributed by atoms with E-state index < -0.39 is 0 Å². The van der Waals surface area contributed by atoms with Crippen molar-refractivity contribution in [2.75, 3.05) is 6.54 Å². The monoisotopic (exact) mass is 519 g/mol. The summed E-state index contributed by atoms with van der Waals surface area (Å²) in [5.41, 5.74) is 2.72. The Balaban J connectivity index is 1.07. The summed E-state index contributed by atoms with van der Waals surface area (Å²) < 4.78 is 6.94. The number of carbonyl (C=O) groups is 1. The van der Waals surface area contributed by atoms with Crippen molar-refractivity contribution in [3.8, 4) is 0 Å². The van der Waals surface area contributed by atoms with Gasteiger partial charge < -0.3 is 14.7 Å². The Bertz CT molecular complexity index is 1090. The Hall–Kier alpha value is -1.39. The third kappa shape index (κ3) is 3.44. The van der Waals surface area contributed by atoms with Gasteiger partial charge in [-0.1, -0.05) is 51.1 Å². The van der Waals surface area contributed by atoms with E-state index in [9.17, 15) is 9.90 Å². The molecule has 4 nitrogen and oxygen atoms in total. The Labute approximate surface area is 229 Å². The maximum atomic E-state index is 12.5. The number of fused-ring (bicyclic) bond motifs is 4. The van der Waals surface area contributed by atoms with Gasteiger partial charge in [0.05, 0.1) is 18.3 Å². The van der Waals surface area contributed by atoms with Gasteiger partial charge in [-0.05, 0) is 115 Å². The molecule has 6 aliphatic rings. The van der Waals surface area contributed by atoms with Crippen LogP contribution >= 0.6 is 0 Å². The molecule has 1 amide bonds. The second kappa shape index (κ2) is 8.56. The highest BCUT2D eigenvalue weighted by molar-refractivity contribution is 5.73. The zero-order valence-corrected chi connectivity index (χ0v) is 24.1. The van der Waals surface area contributed by atoms with E-state index in [1.165, 1.54) is 56.9 Å². The first-order valence-electron chi connectivity index (χ1n) is 15.7. The van der Waals surface area contributed by atoms with Crippen molar-refractivity contribution < 1.29 is 14.6 Å². The highest BCUT2D eigenvalue weighted by Gasteiger charge is 2.80. The van der Waals surface area contributed by atoms with Crippen LogP contribution in [-0.4, -0.2) is 40.8 Å². The van der Waals surface area contributed by atoms with E-state index in [4.69, 9.17) is 4.74 Å². The molecule has 10 atom stereocenters. The molecule has 1 heterocycles. The van der Waals surface area contributed by atoms with E-state index in [1.54, 1.807) is 6.92 Å². The molecule has 0 aromatic heterocycles. The van der Waals surface area contributed by atoms with Crippen LogP contribution in [0.4, 0.5) is 0 Å². The second-order valence-corrected chi connectivity index (χ2v) is 15.3. The van der Waals surface area contributed by atoms with E-state index in [1.807, 2.05) is 11.0 Å². The fourth-order valence-corrected chi connectivity index (χ4v) is 11.8. The van der Waals surface area contributed by atoms with E-state index >= 15 is 0 Å². The summed E-state index contributed by atoms with van der Waals surface area (Å²) in [7, 11) is 0. The summed E-state index contributed by atoms with van der Waals surface area (Å²) in [4.78, 5) is 14.5. The topological polar surface area (TPSA) is 49.8 Å². The lowest BCUT2D eigenvalue weighted by Gasteiger charge is -2.59. The molecule has 208 valence electrons. The molecule has 1 aliphatic heterocycles. The summed E-state index contributed by atoms with van der Waals surface area (Å²) >= 11 is 0. The Morgan fingerprint density at radius 2 is 1.71 bits per heavy atom. The predicted molar refractivity (Wildman–Crippen MR) is 149 cm³/mol. The number of hydrogen-bond acceptors (Lipinski definition) is 3. The molecule has 0 radical (unpaired) electrons. The molecule has 6 fully saturated rings. The van der Waals surface area contributed by atoms with Crippen LogP contribution in [0.1, 0.15) is 97.5 Å². The number of amides is 1. The van der Waals surface area contributed by atoms with Gasteiger partial charge in [-0.3, -0.25) is 4.79 Å². The van der Waals surface area contributed by atoms with Crippen LogP contribution in [0.25, 0.3) is 0 Å². The minimum absolute atomic E-state index is 0.0653. The molecular formula is C34H49NO3. The molecule has 1 aromatic carbocycles. The molecule has 1 N–H and O–H groups in total. The van der Waals surface area contributed by atoms with Gasteiger partial charge in [0, 0.05) is 20.0 Å². The van der Waals surface area contributed by atoms with E-state index in [2.05, 4.69) is 45.0 Å². The Kier molecular flexibility index (Phi) is 5.76. The minimum Gasteiger partial charge on any atom is -0.393 e. The second-order valence-electron chi connectivity index (χ2n) is 15.3. The van der Waals surface area contributed by atoms with Gasteiger partial charge in [0.25, 0.3) is 0 Å². The number of aliphatic hydroxyl groups excluding tert-OH is 1. The molecule has 7 rings (SSSR count). The van der Waals surface area contributed by atoms with Crippen LogP contribution in [0.15, 0.2) is 30.3 Å². The average molecular weight is 520 g/mol. The molecule has 1 aromatic rings. The average Bonchev–Trinajstić information content (AvgIpc) is 3.47. The molecule has 38 heavy (non-hydrogen) atoms. The van der Waals surface area contributed by atoms with Crippen molar-refractivity contribution in [1.82, 2.24) is 4.90 Å². The van der Waals surface area contributed by atoms with E-state index in [-0.39, 0.29) is 23.5 Å². The number of carbonyl (C=O) groups excluding carboxylic acids is 1. The SMILES string of the molecule is CC(=O)N(Cc1ccccc1)CC1CCC2C(CC3C4CCC5C(C)(C)[C@@H](O)CCC56C[C@@]46CCC23C)O1. The third-order valence-corrected chi connectivity index (χ3v) is 13.7. The zero-order valence-electron chi connectivity index (χ0n) is 24.1. The van der Waals surface area contributed by atoms with Crippen molar-refractivity contribution in [3.05, 3.63) is 35.9 Å². The minimum atomic E-state index is -0.127. The summed E-state index contributed by atoms with van der Waals surface area (Å²) in [5, 5.41) is 10.9. The highest BCUT2D eigenvalue weighted by atomic mass is 16.5. The van der Waals surface area contributed by atoms with Gasteiger partial charge in [0.2, 0.25) is 5.91 Å². The lowest BCUT2D eigenvalue weighted by atomic mass is 9.46. The fourth-order valence-electron chi connectivity index (χ4n) is 11.8. The number of rotatable bonds is 4. The van der Waals surface area contributed by atoms with Crippen LogP contribution in [0.3, 0.4) is 0 Å². The van der Waals surface area contributed by atoms with Crippen molar-refractivity contribution >= 4 is 5.91 Å². The summed E-state index contributed by atoms with van der Waals surface area (Å²) in [6, 6.07) is 10.4. The first kappa shape index (κ1) is 25.6. The number of nitrogens with zero attached hydrogens (tertiary/aromatic N) is 1. The van der Waals surface area contributed by atoms with Gasteiger partial charge in [0.1, 0.15) is 0 Å². The maximum absolute atomic E-state index is 12.5. The number of hydrogen-bond donors (Lipinski definition) is 1. The van der Waals surface area contributed by atoms with Crippen molar-refractivity contribution in [2.45, 2.75) is 117 Å². The van der Waals surface area contributed by atoms with Crippen LogP contribution in [0.2, 0.25) is 0 Å². The standard InChI is InChI=1S/C34H49NO3/c1-22(36)35(19-23-8-6-5-7-9-23)20-24-10-11-26-28(38-24)18-27-25-12-13-29-31(2,3)30(37)14-15-34(29)21-33(25,34)17-16-32(26,27)4/h5-9,24-30,37H,10-21H2,1-4H3/t24?,25?,26?,27?,28?,29?,30-,32?,33-,34?/m0/s1.